The number of nitrogens with one attached hydrogen (secondary N) is 1. The van der Waals surface area contributed by atoms with Crippen LogP contribution < -0.4 is 0 Å². The Labute approximate surface area is 124 Å². The lowest BCUT2D eigenvalue weighted by Gasteiger charge is -2.01. The van der Waals surface area contributed by atoms with E-state index in [4.69, 9.17) is 5.41 Å². The fraction of sp³-hybridized carbons (Fsp3) is 0.500. The largest absolute Gasteiger partial charge is 0.300 e. The van der Waals surface area contributed by atoms with Gasteiger partial charge >= 0.3 is 0 Å². The zero-order valence-corrected chi connectivity index (χ0v) is 12.8. The van der Waals surface area contributed by atoms with E-state index in [1.54, 1.807) is 0 Å². The maximum atomic E-state index is 11.4. The summed E-state index contributed by atoms with van der Waals surface area (Å²) in [5.74, 6) is -0.592. The third-order valence-electron chi connectivity index (χ3n) is 1.81. The number of hydrogen-bond acceptors (Lipinski definition) is 8. The van der Waals surface area contributed by atoms with Crippen LogP contribution in [-0.4, -0.2) is 32.0 Å². The van der Waals surface area contributed by atoms with Crippen molar-refractivity contribution in [3.8, 4) is 0 Å². The fourth-order valence-electron chi connectivity index (χ4n) is 1.06. The van der Waals surface area contributed by atoms with Gasteiger partial charge in [-0.1, -0.05) is 0 Å². The first-order valence-corrected chi connectivity index (χ1v) is 7.34. The molecule has 0 saturated carbocycles. The Bertz CT molecular complexity index is 417. The van der Waals surface area contributed by atoms with Crippen molar-refractivity contribution in [1.82, 2.24) is 0 Å². The molecular formula is C12H15NO5S2. The maximum absolute atomic E-state index is 11.4. The molecule has 0 fully saturated rings. The summed E-state index contributed by atoms with van der Waals surface area (Å²) in [6, 6.07) is 0. The van der Waals surface area contributed by atoms with Gasteiger partial charge in [0.1, 0.15) is 11.6 Å². The van der Waals surface area contributed by atoms with E-state index in [0.717, 1.165) is 0 Å². The molecule has 6 nitrogen and oxygen atoms in total. The van der Waals surface area contributed by atoms with Gasteiger partial charge in [-0.15, -0.1) is 0 Å². The Morgan fingerprint density at radius 1 is 0.750 bits per heavy atom. The normalized spacial score (nSPS) is 9.90. The molecule has 110 valence electrons. The van der Waals surface area contributed by atoms with E-state index in [1.165, 1.54) is 13.8 Å². The van der Waals surface area contributed by atoms with Crippen molar-refractivity contribution < 1.29 is 24.0 Å². The van der Waals surface area contributed by atoms with Crippen LogP contribution in [-0.2, 0) is 24.0 Å². The van der Waals surface area contributed by atoms with Gasteiger partial charge in [0.25, 0.3) is 0 Å². The Kier molecular flexibility index (Phi) is 8.98. The summed E-state index contributed by atoms with van der Waals surface area (Å²) in [5.41, 5.74) is 0. The first-order valence-electron chi connectivity index (χ1n) is 5.71. The Balaban J connectivity index is 3.97. The van der Waals surface area contributed by atoms with Crippen LogP contribution in [0.2, 0.25) is 0 Å². The second-order valence-corrected chi connectivity index (χ2v) is 6.27. The van der Waals surface area contributed by atoms with Gasteiger partial charge in [-0.25, -0.2) is 0 Å². The lowest BCUT2D eigenvalue weighted by Crippen LogP contribution is -2.07. The van der Waals surface area contributed by atoms with Crippen molar-refractivity contribution in [3.05, 3.63) is 0 Å². The summed E-state index contributed by atoms with van der Waals surface area (Å²) in [4.78, 5) is 55.1. The second-order valence-electron chi connectivity index (χ2n) is 4.00. The second kappa shape index (κ2) is 9.60. The molecule has 0 radical (unpaired) electrons. The molecule has 1 N–H and O–H groups in total. The average Bonchev–Trinajstić information content (AvgIpc) is 2.23. The molecule has 0 aliphatic rings. The van der Waals surface area contributed by atoms with Crippen LogP contribution in [0.15, 0.2) is 0 Å². The number of thioether (sulfide) groups is 2. The van der Waals surface area contributed by atoms with E-state index in [1.807, 2.05) is 0 Å². The van der Waals surface area contributed by atoms with Gasteiger partial charge in [0.05, 0.1) is 17.9 Å². The van der Waals surface area contributed by atoms with Crippen LogP contribution in [0.4, 0.5) is 0 Å². The third-order valence-corrected chi connectivity index (χ3v) is 3.43. The molecule has 0 bridgehead atoms. The number of rotatable bonds is 7. The first kappa shape index (κ1) is 18.7. The highest BCUT2D eigenvalue weighted by Gasteiger charge is 2.15. The predicted octanol–water partition coefficient (Wildman–Crippen LogP) is 1.75. The lowest BCUT2D eigenvalue weighted by atomic mass is 10.3. The van der Waals surface area contributed by atoms with Crippen molar-refractivity contribution in [1.29, 1.82) is 5.41 Å². The highest BCUT2D eigenvalue weighted by atomic mass is 32.2. The van der Waals surface area contributed by atoms with Crippen molar-refractivity contribution >= 4 is 55.5 Å². The summed E-state index contributed by atoms with van der Waals surface area (Å²) in [7, 11) is 0. The molecule has 0 spiro atoms. The van der Waals surface area contributed by atoms with Crippen LogP contribution in [0.25, 0.3) is 0 Å². The third kappa shape index (κ3) is 10.6. The molecule has 0 aromatic rings. The van der Waals surface area contributed by atoms with Crippen LogP contribution in [0, 0.1) is 5.41 Å². The summed E-state index contributed by atoms with van der Waals surface area (Å²) in [5, 5.41) is 6.06. The van der Waals surface area contributed by atoms with E-state index in [0.29, 0.717) is 23.5 Å². The Morgan fingerprint density at radius 2 is 1.20 bits per heavy atom. The molecule has 0 heterocycles. The standard InChI is InChI=1S/C12H15NO5S2/c1-7(14)5-11(17)19-9(13)3-4-10(16)20-12(18)6-8(2)15/h13H,3-6H2,1-2H3. The van der Waals surface area contributed by atoms with Crippen molar-refractivity contribution in [2.75, 3.05) is 0 Å². The van der Waals surface area contributed by atoms with Gasteiger partial charge in [0.2, 0.25) is 10.2 Å². The number of carbonyl (C=O) groups excluding carboxylic acids is 5. The maximum Gasteiger partial charge on any atom is 0.203 e. The van der Waals surface area contributed by atoms with E-state index in [2.05, 4.69) is 0 Å². The van der Waals surface area contributed by atoms with Crippen molar-refractivity contribution in [3.63, 3.8) is 0 Å². The molecule has 0 saturated heterocycles. The van der Waals surface area contributed by atoms with E-state index in [-0.39, 0.29) is 42.3 Å². The van der Waals surface area contributed by atoms with Gasteiger partial charge in [-0.2, -0.15) is 0 Å². The summed E-state index contributed by atoms with van der Waals surface area (Å²) >= 11 is 1.08. The SMILES string of the molecule is CC(=O)CC(=O)SC(=N)CCC(=O)SC(=O)CC(C)=O. The predicted molar refractivity (Wildman–Crippen MR) is 77.8 cm³/mol. The Hall–Kier alpha value is -1.28. The van der Waals surface area contributed by atoms with Crippen molar-refractivity contribution in [2.45, 2.75) is 39.5 Å². The minimum absolute atomic E-state index is 0.0239. The molecule has 0 amide bonds. The number of hydrogen-bond donors (Lipinski definition) is 1. The monoisotopic (exact) mass is 317 g/mol. The van der Waals surface area contributed by atoms with E-state index in [9.17, 15) is 24.0 Å². The zero-order chi connectivity index (χ0) is 15.7. The van der Waals surface area contributed by atoms with Gasteiger partial charge in [-0.05, 0) is 37.4 Å². The van der Waals surface area contributed by atoms with Crippen LogP contribution in [0.5, 0.6) is 0 Å². The van der Waals surface area contributed by atoms with E-state index >= 15 is 0 Å². The molecule has 0 atom stereocenters. The van der Waals surface area contributed by atoms with Crippen LogP contribution in [0.1, 0.15) is 39.5 Å². The Morgan fingerprint density at radius 3 is 1.65 bits per heavy atom. The summed E-state index contributed by atoms with van der Waals surface area (Å²) < 4.78 is 0. The smallest absolute Gasteiger partial charge is 0.203 e. The summed E-state index contributed by atoms with van der Waals surface area (Å²) in [6.07, 6.45) is -0.562. The molecule has 0 unspecified atom stereocenters. The quantitative estimate of drug-likeness (QED) is 0.432. The van der Waals surface area contributed by atoms with Gasteiger partial charge < -0.3 is 0 Å². The van der Waals surface area contributed by atoms with Crippen LogP contribution >= 0.6 is 23.5 Å². The molecule has 20 heavy (non-hydrogen) atoms. The average molecular weight is 317 g/mol. The molecule has 0 aliphatic heterocycles. The molecule has 0 aromatic heterocycles. The minimum atomic E-state index is -0.519. The number of ketones is 2. The molecule has 0 rings (SSSR count). The topological polar surface area (TPSA) is 109 Å². The summed E-state index contributed by atoms with van der Waals surface area (Å²) in [6.45, 7) is 2.54. The first-order chi connectivity index (χ1) is 9.20. The number of Topliss-reactive ketones (excluding diaryl/α,β-unsaturated/α-hetero) is 2. The minimum Gasteiger partial charge on any atom is -0.300 e. The fourth-order valence-corrected chi connectivity index (χ4v) is 2.55. The molecule has 0 aromatic carbocycles. The van der Waals surface area contributed by atoms with Crippen molar-refractivity contribution in [2.24, 2.45) is 0 Å². The highest BCUT2D eigenvalue weighted by molar-refractivity contribution is 8.26. The lowest BCUT2D eigenvalue weighted by molar-refractivity contribution is -0.123. The van der Waals surface area contributed by atoms with Crippen LogP contribution in [0.3, 0.4) is 0 Å². The molecule has 8 heteroatoms. The van der Waals surface area contributed by atoms with Gasteiger partial charge in [-0.3, -0.25) is 29.4 Å². The van der Waals surface area contributed by atoms with E-state index < -0.39 is 15.3 Å². The van der Waals surface area contributed by atoms with Gasteiger partial charge in [0.15, 0.2) is 5.12 Å². The van der Waals surface area contributed by atoms with Gasteiger partial charge in [0, 0.05) is 12.8 Å². The molecule has 0 aliphatic carbocycles. The highest BCUT2D eigenvalue weighted by Crippen LogP contribution is 2.16. The molecular weight excluding hydrogens is 302 g/mol. The number of carbonyl (C=O) groups is 5. The zero-order valence-electron chi connectivity index (χ0n) is 11.2.